The van der Waals surface area contributed by atoms with E-state index in [9.17, 15) is 0 Å². The van der Waals surface area contributed by atoms with E-state index in [1.54, 1.807) is 6.20 Å². The number of rotatable bonds is 3. The zero-order chi connectivity index (χ0) is 13.0. The number of aromatic nitrogens is 1. The summed E-state index contributed by atoms with van der Waals surface area (Å²) in [6, 6.07) is 11.7. The number of nitrogens with zero attached hydrogens (tertiary/aromatic N) is 2. The molecule has 1 aromatic heterocycles. The van der Waals surface area contributed by atoms with E-state index in [2.05, 4.69) is 27.0 Å². The fourth-order valence-corrected chi connectivity index (χ4v) is 2.48. The summed E-state index contributed by atoms with van der Waals surface area (Å²) in [6.45, 7) is 0. The predicted octanol–water partition coefficient (Wildman–Crippen LogP) is 4.15. The van der Waals surface area contributed by atoms with Gasteiger partial charge in [0.2, 0.25) is 0 Å². The second-order valence-corrected chi connectivity index (χ2v) is 5.15. The smallest absolute Gasteiger partial charge is 0.144 e. The Morgan fingerprint density at radius 2 is 2.11 bits per heavy atom. The molecule has 0 saturated heterocycles. The molecule has 0 aliphatic rings. The van der Waals surface area contributed by atoms with Crippen LogP contribution in [-0.4, -0.2) is 4.98 Å². The van der Waals surface area contributed by atoms with Crippen molar-refractivity contribution in [3.63, 3.8) is 0 Å². The van der Waals surface area contributed by atoms with Crippen molar-refractivity contribution in [2.24, 2.45) is 0 Å². The number of aryl methyl sites for hydroxylation is 1. The Kier molecular flexibility index (Phi) is 4.35. The standard InChI is InChI=1S/C14H10BrClN2/c15-13-6-7-18-14(9-17)12(13)5-4-10-2-1-3-11(16)8-10/h1-3,6-8H,4-5H2. The molecule has 1 aromatic carbocycles. The van der Waals surface area contributed by atoms with Crippen molar-refractivity contribution in [1.29, 1.82) is 5.26 Å². The highest BCUT2D eigenvalue weighted by Crippen LogP contribution is 2.21. The van der Waals surface area contributed by atoms with E-state index >= 15 is 0 Å². The average Bonchev–Trinajstić information content (AvgIpc) is 2.37. The predicted molar refractivity (Wildman–Crippen MR) is 75.5 cm³/mol. The minimum Gasteiger partial charge on any atom is -0.245 e. The Bertz CT molecular complexity index is 605. The zero-order valence-electron chi connectivity index (χ0n) is 9.53. The highest BCUT2D eigenvalue weighted by molar-refractivity contribution is 9.10. The Morgan fingerprint density at radius 1 is 1.28 bits per heavy atom. The Hall–Kier alpha value is -1.37. The number of benzene rings is 1. The first-order valence-corrected chi connectivity index (χ1v) is 6.65. The molecule has 0 saturated carbocycles. The molecule has 0 spiro atoms. The molecule has 0 aliphatic heterocycles. The van der Waals surface area contributed by atoms with Gasteiger partial charge < -0.3 is 0 Å². The number of halogens is 2. The van der Waals surface area contributed by atoms with Crippen LogP contribution >= 0.6 is 27.5 Å². The van der Waals surface area contributed by atoms with Crippen LogP contribution < -0.4 is 0 Å². The summed E-state index contributed by atoms with van der Waals surface area (Å²) in [5.41, 5.74) is 2.58. The second-order valence-electron chi connectivity index (χ2n) is 3.86. The molecule has 1 heterocycles. The third kappa shape index (κ3) is 3.10. The van der Waals surface area contributed by atoms with Gasteiger partial charge in [-0.15, -0.1) is 0 Å². The van der Waals surface area contributed by atoms with E-state index < -0.39 is 0 Å². The van der Waals surface area contributed by atoms with E-state index in [1.807, 2.05) is 30.3 Å². The van der Waals surface area contributed by atoms with Crippen molar-refractivity contribution in [3.8, 4) is 6.07 Å². The highest BCUT2D eigenvalue weighted by atomic mass is 79.9. The average molecular weight is 322 g/mol. The molecular formula is C14H10BrClN2. The fraction of sp³-hybridized carbons (Fsp3) is 0.143. The second kappa shape index (κ2) is 5.99. The van der Waals surface area contributed by atoms with Crippen molar-refractivity contribution < 1.29 is 0 Å². The molecule has 0 amide bonds. The first-order valence-electron chi connectivity index (χ1n) is 5.48. The first kappa shape index (κ1) is 13.1. The summed E-state index contributed by atoms with van der Waals surface area (Å²) in [7, 11) is 0. The molecule has 4 heteroatoms. The Balaban J connectivity index is 2.18. The Morgan fingerprint density at radius 3 is 2.83 bits per heavy atom. The summed E-state index contributed by atoms with van der Waals surface area (Å²) in [5.74, 6) is 0. The van der Waals surface area contributed by atoms with Crippen LogP contribution in [0.15, 0.2) is 41.0 Å². The molecule has 0 atom stereocenters. The monoisotopic (exact) mass is 320 g/mol. The maximum atomic E-state index is 9.03. The number of nitriles is 1. The van der Waals surface area contributed by atoms with E-state index in [0.717, 1.165) is 33.5 Å². The number of pyridine rings is 1. The van der Waals surface area contributed by atoms with Crippen LogP contribution in [-0.2, 0) is 12.8 Å². The molecule has 0 bridgehead atoms. The maximum absolute atomic E-state index is 9.03. The zero-order valence-corrected chi connectivity index (χ0v) is 11.9. The molecular weight excluding hydrogens is 312 g/mol. The van der Waals surface area contributed by atoms with Crippen molar-refractivity contribution in [1.82, 2.24) is 4.98 Å². The van der Waals surface area contributed by atoms with Gasteiger partial charge in [-0.2, -0.15) is 5.26 Å². The molecule has 0 N–H and O–H groups in total. The minimum absolute atomic E-state index is 0.478. The van der Waals surface area contributed by atoms with Gasteiger partial charge in [0.15, 0.2) is 0 Å². The number of hydrogen-bond donors (Lipinski definition) is 0. The van der Waals surface area contributed by atoms with E-state index in [1.165, 1.54) is 0 Å². The lowest BCUT2D eigenvalue weighted by Gasteiger charge is -2.06. The molecule has 0 unspecified atom stereocenters. The van der Waals surface area contributed by atoms with Gasteiger partial charge in [0.1, 0.15) is 11.8 Å². The summed E-state index contributed by atoms with van der Waals surface area (Å²) in [5, 5.41) is 9.76. The van der Waals surface area contributed by atoms with Gasteiger partial charge in [-0.05, 0) is 36.6 Å². The fourth-order valence-electron chi connectivity index (χ4n) is 1.76. The van der Waals surface area contributed by atoms with Crippen LogP contribution in [0.1, 0.15) is 16.8 Å². The van der Waals surface area contributed by atoms with Crippen LogP contribution in [0.4, 0.5) is 0 Å². The van der Waals surface area contributed by atoms with Gasteiger partial charge >= 0.3 is 0 Å². The molecule has 18 heavy (non-hydrogen) atoms. The van der Waals surface area contributed by atoms with Gasteiger partial charge in [0.05, 0.1) is 0 Å². The third-order valence-corrected chi connectivity index (χ3v) is 3.64. The molecule has 0 radical (unpaired) electrons. The molecule has 2 aromatic rings. The highest BCUT2D eigenvalue weighted by Gasteiger charge is 2.08. The summed E-state index contributed by atoms with van der Waals surface area (Å²) in [4.78, 5) is 4.07. The maximum Gasteiger partial charge on any atom is 0.144 e. The Labute approximate surface area is 119 Å². The van der Waals surface area contributed by atoms with Crippen LogP contribution in [0.25, 0.3) is 0 Å². The summed E-state index contributed by atoms with van der Waals surface area (Å²) >= 11 is 9.40. The van der Waals surface area contributed by atoms with Gasteiger partial charge in [0, 0.05) is 21.3 Å². The molecule has 0 aliphatic carbocycles. The van der Waals surface area contributed by atoms with Crippen molar-refractivity contribution >= 4 is 27.5 Å². The van der Waals surface area contributed by atoms with Crippen molar-refractivity contribution in [3.05, 3.63) is 62.8 Å². The molecule has 2 nitrogen and oxygen atoms in total. The normalized spacial score (nSPS) is 10.1. The summed E-state index contributed by atoms with van der Waals surface area (Å²) in [6.07, 6.45) is 3.22. The molecule has 0 fully saturated rings. The largest absolute Gasteiger partial charge is 0.245 e. The molecule has 90 valence electrons. The quantitative estimate of drug-likeness (QED) is 0.851. The van der Waals surface area contributed by atoms with Crippen molar-refractivity contribution in [2.45, 2.75) is 12.8 Å². The van der Waals surface area contributed by atoms with Crippen LogP contribution in [0.3, 0.4) is 0 Å². The lowest BCUT2D eigenvalue weighted by atomic mass is 10.0. The van der Waals surface area contributed by atoms with E-state index in [0.29, 0.717) is 5.69 Å². The van der Waals surface area contributed by atoms with Gasteiger partial charge in [-0.25, -0.2) is 4.98 Å². The SMILES string of the molecule is N#Cc1nccc(Br)c1CCc1cccc(Cl)c1. The topological polar surface area (TPSA) is 36.7 Å². The van der Waals surface area contributed by atoms with Gasteiger partial charge in [-0.3, -0.25) is 0 Å². The van der Waals surface area contributed by atoms with Crippen LogP contribution in [0.2, 0.25) is 5.02 Å². The molecule has 2 rings (SSSR count). The third-order valence-electron chi connectivity index (χ3n) is 2.66. The minimum atomic E-state index is 0.478. The first-order chi connectivity index (χ1) is 8.70. The van der Waals surface area contributed by atoms with Crippen LogP contribution in [0, 0.1) is 11.3 Å². The van der Waals surface area contributed by atoms with Gasteiger partial charge in [-0.1, -0.05) is 39.7 Å². The van der Waals surface area contributed by atoms with Crippen molar-refractivity contribution in [2.75, 3.05) is 0 Å². The number of hydrogen-bond acceptors (Lipinski definition) is 2. The van der Waals surface area contributed by atoms with Crippen LogP contribution in [0.5, 0.6) is 0 Å². The van der Waals surface area contributed by atoms with E-state index in [4.69, 9.17) is 16.9 Å². The van der Waals surface area contributed by atoms with Gasteiger partial charge in [0.25, 0.3) is 0 Å². The lowest BCUT2D eigenvalue weighted by Crippen LogP contribution is -1.98. The van der Waals surface area contributed by atoms with E-state index in [-0.39, 0.29) is 0 Å². The lowest BCUT2D eigenvalue weighted by molar-refractivity contribution is 0.936. The summed E-state index contributed by atoms with van der Waals surface area (Å²) < 4.78 is 0.927.